The first-order valence-corrected chi connectivity index (χ1v) is 8.15. The molecule has 128 valence electrons. The molecule has 1 aliphatic heterocycles. The minimum atomic E-state index is -0.256. The van der Waals surface area contributed by atoms with Gasteiger partial charge in [-0.2, -0.15) is 0 Å². The summed E-state index contributed by atoms with van der Waals surface area (Å²) in [5.41, 5.74) is 1.08. The molecule has 1 amide bonds. The predicted molar refractivity (Wildman–Crippen MR) is 90.2 cm³/mol. The number of ether oxygens (including phenoxy) is 2. The van der Waals surface area contributed by atoms with Crippen molar-refractivity contribution in [2.24, 2.45) is 0 Å². The van der Waals surface area contributed by atoms with Crippen molar-refractivity contribution in [1.82, 2.24) is 14.5 Å². The van der Waals surface area contributed by atoms with Crippen LogP contribution >= 0.6 is 0 Å². The number of hydrogen-bond donors (Lipinski definition) is 0. The highest BCUT2D eigenvalue weighted by atomic mass is 16.5. The molecule has 0 saturated carbocycles. The third-order valence-corrected chi connectivity index (χ3v) is 4.66. The van der Waals surface area contributed by atoms with Gasteiger partial charge in [-0.3, -0.25) is 4.79 Å². The van der Waals surface area contributed by atoms with E-state index in [1.807, 2.05) is 40.8 Å². The summed E-state index contributed by atoms with van der Waals surface area (Å²) >= 11 is 0. The Balaban J connectivity index is 1.84. The van der Waals surface area contributed by atoms with Crippen molar-refractivity contribution in [3.8, 4) is 11.5 Å². The molecule has 1 fully saturated rings. The number of nitrogens with zero attached hydrogens (tertiary/aromatic N) is 3. The van der Waals surface area contributed by atoms with Gasteiger partial charge in [0.15, 0.2) is 11.5 Å². The van der Waals surface area contributed by atoms with Crippen LogP contribution in [0.4, 0.5) is 0 Å². The van der Waals surface area contributed by atoms with Crippen LogP contribution in [0.2, 0.25) is 0 Å². The first-order valence-electron chi connectivity index (χ1n) is 8.15. The van der Waals surface area contributed by atoms with Gasteiger partial charge in [-0.25, -0.2) is 4.98 Å². The van der Waals surface area contributed by atoms with Crippen LogP contribution in [-0.2, 0) is 4.79 Å². The molecular formula is C18H23N3O3. The lowest BCUT2D eigenvalue weighted by molar-refractivity contribution is -0.135. The predicted octanol–water partition coefficient (Wildman–Crippen LogP) is 2.83. The first kappa shape index (κ1) is 16.4. The number of benzene rings is 1. The van der Waals surface area contributed by atoms with E-state index in [0.29, 0.717) is 11.5 Å². The van der Waals surface area contributed by atoms with Gasteiger partial charge < -0.3 is 18.9 Å². The van der Waals surface area contributed by atoms with Gasteiger partial charge in [0.1, 0.15) is 6.04 Å². The SMILES string of the molecule is COc1ccc([C@@H]2CCCN2C(=O)[C@H](C)n2ccnc2)cc1OC. The fourth-order valence-corrected chi connectivity index (χ4v) is 3.30. The van der Waals surface area contributed by atoms with Crippen molar-refractivity contribution in [3.63, 3.8) is 0 Å². The zero-order valence-electron chi connectivity index (χ0n) is 14.3. The topological polar surface area (TPSA) is 56.6 Å². The second-order valence-electron chi connectivity index (χ2n) is 5.99. The molecule has 1 aliphatic rings. The van der Waals surface area contributed by atoms with E-state index in [1.165, 1.54) is 0 Å². The standard InChI is InChI=1S/C18H23N3O3/c1-13(20-10-8-19-12-20)18(22)21-9-4-5-15(21)14-6-7-16(23-2)17(11-14)24-3/h6-8,10-13,15H,4-5,9H2,1-3H3/t13-,15-/m0/s1. The number of imidazole rings is 1. The van der Waals surface area contributed by atoms with Crippen molar-refractivity contribution in [3.05, 3.63) is 42.5 Å². The molecule has 0 bridgehead atoms. The highest BCUT2D eigenvalue weighted by Gasteiger charge is 2.33. The molecule has 1 saturated heterocycles. The molecule has 0 spiro atoms. The van der Waals surface area contributed by atoms with Crippen LogP contribution in [-0.4, -0.2) is 41.1 Å². The molecule has 0 unspecified atom stereocenters. The largest absolute Gasteiger partial charge is 0.493 e. The number of aromatic nitrogens is 2. The molecule has 0 N–H and O–H groups in total. The van der Waals surface area contributed by atoms with E-state index < -0.39 is 0 Å². The minimum absolute atomic E-state index is 0.0725. The van der Waals surface area contributed by atoms with E-state index in [9.17, 15) is 4.79 Å². The Morgan fingerprint density at radius 3 is 2.75 bits per heavy atom. The monoisotopic (exact) mass is 329 g/mol. The maximum absolute atomic E-state index is 12.9. The molecule has 0 radical (unpaired) electrons. The molecule has 0 aliphatic carbocycles. The first-order chi connectivity index (χ1) is 11.7. The summed E-state index contributed by atoms with van der Waals surface area (Å²) in [5, 5.41) is 0. The van der Waals surface area contributed by atoms with E-state index in [0.717, 1.165) is 24.9 Å². The van der Waals surface area contributed by atoms with Gasteiger partial charge in [-0.1, -0.05) is 6.07 Å². The van der Waals surface area contributed by atoms with E-state index in [-0.39, 0.29) is 18.0 Å². The summed E-state index contributed by atoms with van der Waals surface area (Å²) in [5.74, 6) is 1.51. The van der Waals surface area contributed by atoms with Crippen LogP contribution in [0, 0.1) is 0 Å². The van der Waals surface area contributed by atoms with Crippen molar-refractivity contribution >= 4 is 5.91 Å². The van der Waals surface area contributed by atoms with Gasteiger partial charge in [0, 0.05) is 18.9 Å². The quantitative estimate of drug-likeness (QED) is 0.846. The van der Waals surface area contributed by atoms with Gasteiger partial charge in [0.05, 0.1) is 26.6 Å². The second-order valence-corrected chi connectivity index (χ2v) is 5.99. The molecule has 24 heavy (non-hydrogen) atoms. The number of methoxy groups -OCH3 is 2. The lowest BCUT2D eigenvalue weighted by atomic mass is 10.0. The molecule has 1 aromatic heterocycles. The number of rotatable bonds is 5. The molecule has 6 heteroatoms. The Bertz CT molecular complexity index is 700. The van der Waals surface area contributed by atoms with Crippen molar-refractivity contribution in [2.45, 2.75) is 31.8 Å². The molecule has 2 aromatic rings. The van der Waals surface area contributed by atoms with E-state index in [2.05, 4.69) is 4.98 Å². The molecule has 3 rings (SSSR count). The van der Waals surface area contributed by atoms with Crippen LogP contribution in [0.1, 0.15) is 37.4 Å². The summed E-state index contributed by atoms with van der Waals surface area (Å²) < 4.78 is 12.5. The highest BCUT2D eigenvalue weighted by molar-refractivity contribution is 5.81. The maximum atomic E-state index is 12.9. The van der Waals surface area contributed by atoms with Crippen molar-refractivity contribution in [2.75, 3.05) is 20.8 Å². The average Bonchev–Trinajstić information content (AvgIpc) is 3.31. The third-order valence-electron chi connectivity index (χ3n) is 4.66. The summed E-state index contributed by atoms with van der Waals surface area (Å²) in [6, 6.07) is 5.70. The van der Waals surface area contributed by atoms with Crippen LogP contribution in [0.3, 0.4) is 0 Å². The fraction of sp³-hybridized carbons (Fsp3) is 0.444. The molecule has 2 atom stereocenters. The Labute approximate surface area is 142 Å². The van der Waals surface area contributed by atoms with E-state index in [1.54, 1.807) is 26.7 Å². The number of amides is 1. The van der Waals surface area contributed by atoms with Crippen molar-refractivity contribution < 1.29 is 14.3 Å². The maximum Gasteiger partial charge on any atom is 0.245 e. The molecular weight excluding hydrogens is 306 g/mol. The summed E-state index contributed by atoms with van der Waals surface area (Å²) in [7, 11) is 3.25. The van der Waals surface area contributed by atoms with E-state index >= 15 is 0 Å². The van der Waals surface area contributed by atoms with Gasteiger partial charge >= 0.3 is 0 Å². The van der Waals surface area contributed by atoms with Crippen LogP contribution in [0.25, 0.3) is 0 Å². The number of carbonyl (C=O) groups is 1. The molecule has 6 nitrogen and oxygen atoms in total. The number of carbonyl (C=O) groups excluding carboxylic acids is 1. The zero-order valence-corrected chi connectivity index (χ0v) is 14.3. The van der Waals surface area contributed by atoms with Gasteiger partial charge in [0.2, 0.25) is 5.91 Å². The molecule has 2 heterocycles. The Kier molecular flexibility index (Phi) is 4.74. The van der Waals surface area contributed by atoms with Crippen LogP contribution in [0.15, 0.2) is 36.9 Å². The smallest absolute Gasteiger partial charge is 0.245 e. The third kappa shape index (κ3) is 2.96. The Morgan fingerprint density at radius 1 is 1.29 bits per heavy atom. The van der Waals surface area contributed by atoms with Gasteiger partial charge in [0.25, 0.3) is 0 Å². The lowest BCUT2D eigenvalue weighted by Gasteiger charge is -2.28. The second kappa shape index (κ2) is 6.95. The summed E-state index contributed by atoms with van der Waals surface area (Å²) in [4.78, 5) is 18.9. The summed E-state index contributed by atoms with van der Waals surface area (Å²) in [6.45, 7) is 2.69. The van der Waals surface area contributed by atoms with Crippen molar-refractivity contribution in [1.29, 1.82) is 0 Å². The fourth-order valence-electron chi connectivity index (χ4n) is 3.30. The average molecular weight is 329 g/mol. The van der Waals surface area contributed by atoms with Crippen LogP contribution < -0.4 is 9.47 Å². The lowest BCUT2D eigenvalue weighted by Crippen LogP contribution is -2.35. The normalized spacial score (nSPS) is 18.5. The number of likely N-dealkylation sites (tertiary alicyclic amines) is 1. The Hall–Kier alpha value is -2.50. The Morgan fingerprint density at radius 2 is 2.08 bits per heavy atom. The molecule has 1 aromatic carbocycles. The highest BCUT2D eigenvalue weighted by Crippen LogP contribution is 2.37. The summed E-state index contributed by atoms with van der Waals surface area (Å²) in [6.07, 6.45) is 7.16. The van der Waals surface area contributed by atoms with Gasteiger partial charge in [-0.05, 0) is 37.5 Å². The van der Waals surface area contributed by atoms with Gasteiger partial charge in [-0.15, -0.1) is 0 Å². The minimum Gasteiger partial charge on any atom is -0.493 e. The van der Waals surface area contributed by atoms with E-state index in [4.69, 9.17) is 9.47 Å². The van der Waals surface area contributed by atoms with Crippen LogP contribution in [0.5, 0.6) is 11.5 Å². The number of hydrogen-bond acceptors (Lipinski definition) is 4. The zero-order chi connectivity index (χ0) is 17.1.